The van der Waals surface area contributed by atoms with Crippen LogP contribution < -0.4 is 10.6 Å². The fourth-order valence-electron chi connectivity index (χ4n) is 3.51. The molecule has 2 heterocycles. The zero-order valence-corrected chi connectivity index (χ0v) is 19.3. The second kappa shape index (κ2) is 10.2. The highest BCUT2D eigenvalue weighted by atomic mass is 16.2. The monoisotopic (exact) mass is 434 g/mol. The molecule has 0 aliphatic rings. The normalized spacial score (nSPS) is 10.8. The Kier molecular flexibility index (Phi) is 7.35. The first-order valence-corrected chi connectivity index (χ1v) is 10.8. The Bertz CT molecular complexity index is 1100. The number of aromatic nitrogens is 4. The summed E-state index contributed by atoms with van der Waals surface area (Å²) in [6, 6.07) is 9.39. The van der Waals surface area contributed by atoms with Crippen molar-refractivity contribution in [2.45, 2.75) is 60.4 Å². The van der Waals surface area contributed by atoms with E-state index < -0.39 is 0 Å². The second-order valence-electron chi connectivity index (χ2n) is 7.96. The van der Waals surface area contributed by atoms with Crippen molar-refractivity contribution in [3.8, 4) is 5.95 Å². The highest BCUT2D eigenvalue weighted by Gasteiger charge is 2.17. The largest absolute Gasteiger partial charge is 0.352 e. The van der Waals surface area contributed by atoms with Gasteiger partial charge in [0.25, 0.3) is 5.95 Å². The zero-order chi connectivity index (χ0) is 23.3. The van der Waals surface area contributed by atoms with Crippen molar-refractivity contribution in [1.82, 2.24) is 25.1 Å². The first-order valence-electron chi connectivity index (χ1n) is 10.8. The summed E-state index contributed by atoms with van der Waals surface area (Å²) in [5.41, 5.74) is 5.97. The molecule has 0 atom stereocenters. The third-order valence-corrected chi connectivity index (χ3v) is 5.14. The number of hydrogen-bond acceptors (Lipinski definition) is 5. The molecule has 8 nitrogen and oxygen atoms in total. The van der Waals surface area contributed by atoms with Gasteiger partial charge in [0.15, 0.2) is 0 Å². The van der Waals surface area contributed by atoms with Crippen LogP contribution in [0.5, 0.6) is 0 Å². The van der Waals surface area contributed by atoms with E-state index in [-0.39, 0.29) is 18.2 Å². The average molecular weight is 435 g/mol. The lowest BCUT2D eigenvalue weighted by atomic mass is 10.1. The summed E-state index contributed by atoms with van der Waals surface area (Å²) in [6.07, 6.45) is 1.54. The Hall–Kier alpha value is -3.55. The first-order chi connectivity index (χ1) is 15.3. The van der Waals surface area contributed by atoms with Crippen LogP contribution in [0, 0.1) is 27.7 Å². The molecule has 0 fully saturated rings. The van der Waals surface area contributed by atoms with Crippen molar-refractivity contribution in [2.24, 2.45) is 0 Å². The summed E-state index contributed by atoms with van der Waals surface area (Å²) in [5.74, 6) is 0.435. The van der Waals surface area contributed by atoms with Gasteiger partial charge in [-0.15, -0.1) is 0 Å². The van der Waals surface area contributed by atoms with Gasteiger partial charge in [-0.1, -0.05) is 19.1 Å². The van der Waals surface area contributed by atoms with E-state index >= 15 is 0 Å². The molecule has 0 aliphatic carbocycles. The molecule has 2 N–H and O–H groups in total. The maximum Gasteiger partial charge on any atom is 0.251 e. The molecule has 8 heteroatoms. The number of rotatable bonds is 8. The fourth-order valence-corrected chi connectivity index (χ4v) is 3.51. The molecule has 168 valence electrons. The van der Waals surface area contributed by atoms with Crippen LogP contribution in [0.2, 0.25) is 0 Å². The summed E-state index contributed by atoms with van der Waals surface area (Å²) in [5, 5.41) is 10.4. The van der Waals surface area contributed by atoms with E-state index in [1.54, 1.807) is 4.68 Å². The van der Waals surface area contributed by atoms with Gasteiger partial charge in [-0.2, -0.15) is 5.10 Å². The maximum absolute atomic E-state index is 12.6. The molecule has 0 saturated carbocycles. The Labute approximate surface area is 188 Å². The lowest BCUT2D eigenvalue weighted by molar-refractivity contribution is -0.120. The molecule has 32 heavy (non-hydrogen) atoms. The molecule has 0 unspecified atom stereocenters. The molecule has 0 bridgehead atoms. The zero-order valence-electron chi connectivity index (χ0n) is 19.3. The number of aryl methyl sites for hydroxylation is 3. The number of anilines is 1. The number of hydrogen-bond donors (Lipinski definition) is 2. The van der Waals surface area contributed by atoms with Gasteiger partial charge in [-0.25, -0.2) is 14.6 Å². The Morgan fingerprint density at radius 2 is 1.62 bits per heavy atom. The first kappa shape index (κ1) is 23.1. The van der Waals surface area contributed by atoms with Crippen molar-refractivity contribution < 1.29 is 9.59 Å². The van der Waals surface area contributed by atoms with Gasteiger partial charge < -0.3 is 10.6 Å². The molecule has 0 saturated heterocycles. The Morgan fingerprint density at radius 3 is 2.25 bits per heavy atom. The summed E-state index contributed by atoms with van der Waals surface area (Å²) >= 11 is 0. The lowest BCUT2D eigenvalue weighted by Crippen LogP contribution is -2.25. The van der Waals surface area contributed by atoms with Crippen LogP contribution in [-0.4, -0.2) is 31.6 Å². The number of nitrogens with one attached hydrogen (secondary N) is 2. The van der Waals surface area contributed by atoms with Gasteiger partial charge in [0.1, 0.15) is 0 Å². The number of benzene rings is 1. The van der Waals surface area contributed by atoms with Gasteiger partial charge in [0, 0.05) is 41.3 Å². The fraction of sp³-hybridized carbons (Fsp3) is 0.375. The molecule has 0 aliphatic heterocycles. The molecule has 0 radical (unpaired) electrons. The minimum absolute atomic E-state index is 0.00561. The van der Waals surface area contributed by atoms with Crippen molar-refractivity contribution in [1.29, 1.82) is 0 Å². The topological polar surface area (TPSA) is 102 Å². The third kappa shape index (κ3) is 5.78. The van der Waals surface area contributed by atoms with Crippen molar-refractivity contribution in [3.63, 3.8) is 0 Å². The van der Waals surface area contributed by atoms with Gasteiger partial charge in [-0.05, 0) is 57.9 Å². The average Bonchev–Trinajstić information content (AvgIpc) is 3.01. The van der Waals surface area contributed by atoms with E-state index in [1.165, 1.54) is 0 Å². The number of amides is 2. The van der Waals surface area contributed by atoms with Gasteiger partial charge in [0.05, 0.1) is 12.1 Å². The number of carbonyl (C=O) groups is 2. The molecule has 2 amide bonds. The van der Waals surface area contributed by atoms with Crippen LogP contribution in [0.4, 0.5) is 5.69 Å². The molecule has 3 aromatic rings. The minimum Gasteiger partial charge on any atom is -0.352 e. The summed E-state index contributed by atoms with van der Waals surface area (Å²) < 4.78 is 1.70. The van der Waals surface area contributed by atoms with E-state index in [4.69, 9.17) is 0 Å². The summed E-state index contributed by atoms with van der Waals surface area (Å²) in [4.78, 5) is 33.2. The van der Waals surface area contributed by atoms with Crippen LogP contribution in [0.25, 0.3) is 5.95 Å². The van der Waals surface area contributed by atoms with Gasteiger partial charge in [0.2, 0.25) is 11.8 Å². The maximum atomic E-state index is 12.6. The van der Waals surface area contributed by atoms with Crippen molar-refractivity contribution >= 4 is 17.5 Å². The smallest absolute Gasteiger partial charge is 0.251 e. The summed E-state index contributed by atoms with van der Waals surface area (Å²) in [7, 11) is 0. The quantitative estimate of drug-likeness (QED) is 0.565. The van der Waals surface area contributed by atoms with Crippen molar-refractivity contribution in [3.05, 3.63) is 64.2 Å². The standard InChI is InChI=1S/C24H30N6O2/c1-6-7-22(31)28-20-10-8-19(9-11-20)14-25-23(32)13-21-17(4)29-30(18(21)5)24-26-15(2)12-16(3)27-24/h8-12H,6-7,13-14H2,1-5H3,(H,25,32)(H,28,31). The van der Waals surface area contributed by atoms with E-state index in [0.717, 1.165) is 46.0 Å². The van der Waals surface area contributed by atoms with E-state index in [9.17, 15) is 9.59 Å². The second-order valence-corrected chi connectivity index (χ2v) is 7.96. The van der Waals surface area contributed by atoms with E-state index in [1.807, 2.05) is 65.0 Å². The Morgan fingerprint density at radius 1 is 0.969 bits per heavy atom. The van der Waals surface area contributed by atoms with Crippen LogP contribution in [-0.2, 0) is 22.6 Å². The minimum atomic E-state index is -0.0857. The molecule has 1 aromatic carbocycles. The predicted molar refractivity (Wildman–Crippen MR) is 124 cm³/mol. The molecule has 3 rings (SSSR count). The van der Waals surface area contributed by atoms with Gasteiger partial charge >= 0.3 is 0 Å². The summed E-state index contributed by atoms with van der Waals surface area (Å²) in [6.45, 7) is 10.0. The van der Waals surface area contributed by atoms with E-state index in [0.29, 0.717) is 18.9 Å². The lowest BCUT2D eigenvalue weighted by Gasteiger charge is -2.08. The van der Waals surface area contributed by atoms with Crippen LogP contribution >= 0.6 is 0 Å². The highest BCUT2D eigenvalue weighted by molar-refractivity contribution is 5.90. The van der Waals surface area contributed by atoms with Crippen LogP contribution in [0.3, 0.4) is 0 Å². The molecule has 0 spiro atoms. The van der Waals surface area contributed by atoms with Gasteiger partial charge in [-0.3, -0.25) is 9.59 Å². The number of nitrogens with zero attached hydrogens (tertiary/aromatic N) is 4. The molecular formula is C24H30N6O2. The molecular weight excluding hydrogens is 404 g/mol. The van der Waals surface area contributed by atoms with Crippen LogP contribution in [0.1, 0.15) is 53.7 Å². The van der Waals surface area contributed by atoms with Crippen molar-refractivity contribution in [2.75, 3.05) is 5.32 Å². The predicted octanol–water partition coefficient (Wildman–Crippen LogP) is 3.49. The third-order valence-electron chi connectivity index (χ3n) is 5.14. The highest BCUT2D eigenvalue weighted by Crippen LogP contribution is 2.17. The number of carbonyl (C=O) groups excluding carboxylic acids is 2. The van der Waals surface area contributed by atoms with Crippen LogP contribution in [0.15, 0.2) is 30.3 Å². The Balaban J connectivity index is 1.62. The molecule has 2 aromatic heterocycles. The SMILES string of the molecule is CCCC(=O)Nc1ccc(CNC(=O)Cc2c(C)nn(-c3nc(C)cc(C)n3)c2C)cc1. The van der Waals surface area contributed by atoms with E-state index in [2.05, 4.69) is 25.7 Å².